The Kier molecular flexibility index (Phi) is 4.98. The molecule has 8 unspecified atom stereocenters. The van der Waals surface area contributed by atoms with Crippen molar-refractivity contribution in [2.75, 3.05) is 7.11 Å². The molecule has 9 atom stereocenters. The molecule has 1 spiro atoms. The van der Waals surface area contributed by atoms with Gasteiger partial charge in [-0.1, -0.05) is 25.5 Å². The van der Waals surface area contributed by atoms with Crippen molar-refractivity contribution in [1.29, 1.82) is 0 Å². The van der Waals surface area contributed by atoms with E-state index in [9.17, 15) is 15.3 Å². The number of aliphatic hydroxyl groups excluding tert-OH is 2. The topological polar surface area (TPSA) is 105 Å². The Morgan fingerprint density at radius 3 is 2.57 bits per heavy atom. The van der Waals surface area contributed by atoms with E-state index in [1.807, 2.05) is 0 Å². The average Bonchev–Trinajstić information content (AvgIpc) is 3.36. The molecule has 0 aromatic carbocycles. The Morgan fingerprint density at radius 1 is 1.20 bits per heavy atom. The largest absolute Gasteiger partial charge is 0.392 e. The Hall–Kier alpha value is -0.500. The van der Waals surface area contributed by atoms with Gasteiger partial charge in [-0.25, -0.2) is 0 Å². The molecule has 1 aliphatic heterocycles. The Balaban J connectivity index is 1.38. The summed E-state index contributed by atoms with van der Waals surface area (Å²) >= 11 is 0. The lowest BCUT2D eigenvalue weighted by molar-refractivity contribution is -0.198. The van der Waals surface area contributed by atoms with Crippen molar-refractivity contribution in [3.05, 3.63) is 11.6 Å². The lowest BCUT2D eigenvalue weighted by atomic mass is 9.61. The first-order valence-corrected chi connectivity index (χ1v) is 11.9. The first kappa shape index (κ1) is 21.4. The Bertz CT molecular complexity index is 720. The van der Waals surface area contributed by atoms with Gasteiger partial charge >= 0.3 is 0 Å². The monoisotopic (exact) mass is 421 g/mol. The van der Waals surface area contributed by atoms with Gasteiger partial charge in [-0.05, 0) is 63.2 Å². The van der Waals surface area contributed by atoms with Crippen LogP contribution in [0.1, 0.15) is 65.2 Å². The summed E-state index contributed by atoms with van der Waals surface area (Å²) in [5.41, 5.74) is 5.98. The second-order valence-corrected chi connectivity index (χ2v) is 11.2. The van der Waals surface area contributed by atoms with E-state index >= 15 is 0 Å². The van der Waals surface area contributed by atoms with E-state index in [2.05, 4.69) is 19.9 Å². The highest BCUT2D eigenvalue weighted by Gasteiger charge is 2.75. The molecule has 1 saturated heterocycles. The standard InChI is InChI=1S/C24H39NO5/c1-13-4-9-17-20(22(2)19(26)10-15-11-23(13,15)22)30-21(27)24(17,28)12-18(25)14-5-7-16(29-3)8-6-14/h11,13-14,16-21,26-28H,4-10,12,25H2,1-3H3/t13?,14?,16?,17?,18?,19?,20?,21?,22-,23?,24?/m0/s1. The van der Waals surface area contributed by atoms with Crippen LogP contribution in [-0.2, 0) is 9.47 Å². The fourth-order valence-corrected chi connectivity index (χ4v) is 8.04. The number of allylic oxidation sites excluding steroid dienone is 1. The summed E-state index contributed by atoms with van der Waals surface area (Å²) in [6.07, 6.45) is 7.24. The van der Waals surface area contributed by atoms with Gasteiger partial charge in [0.25, 0.3) is 0 Å². The molecule has 5 rings (SSSR count). The fourth-order valence-electron chi connectivity index (χ4n) is 8.04. The van der Waals surface area contributed by atoms with E-state index in [-0.39, 0.29) is 23.5 Å². The molecular formula is C24H39NO5. The average molecular weight is 422 g/mol. The molecule has 4 aliphatic carbocycles. The minimum Gasteiger partial charge on any atom is -0.392 e. The number of fused-ring (bicyclic) bond motifs is 2. The normalized spacial score (nSPS) is 55.8. The minimum atomic E-state index is -1.37. The molecule has 0 aromatic heterocycles. The first-order valence-electron chi connectivity index (χ1n) is 11.9. The highest BCUT2D eigenvalue weighted by Crippen LogP contribution is 2.75. The second-order valence-electron chi connectivity index (χ2n) is 11.2. The Labute approximate surface area is 179 Å². The van der Waals surface area contributed by atoms with Gasteiger partial charge in [-0.2, -0.15) is 0 Å². The number of hydrogen-bond acceptors (Lipinski definition) is 6. The molecule has 3 saturated carbocycles. The predicted octanol–water partition coefficient (Wildman–Crippen LogP) is 2.10. The van der Waals surface area contributed by atoms with Crippen LogP contribution < -0.4 is 5.73 Å². The lowest BCUT2D eigenvalue weighted by Crippen LogP contribution is -2.53. The molecule has 0 amide bonds. The summed E-state index contributed by atoms with van der Waals surface area (Å²) in [7, 11) is 1.76. The molecule has 6 nitrogen and oxygen atoms in total. The maximum absolute atomic E-state index is 11.8. The second kappa shape index (κ2) is 7.00. The van der Waals surface area contributed by atoms with E-state index in [0.717, 1.165) is 38.5 Å². The summed E-state index contributed by atoms with van der Waals surface area (Å²) < 4.78 is 11.6. The van der Waals surface area contributed by atoms with Crippen LogP contribution in [-0.4, -0.2) is 58.7 Å². The Morgan fingerprint density at radius 2 is 1.90 bits per heavy atom. The molecule has 0 aromatic rings. The van der Waals surface area contributed by atoms with Crippen molar-refractivity contribution in [2.45, 2.75) is 101 Å². The van der Waals surface area contributed by atoms with Crippen LogP contribution in [0.5, 0.6) is 0 Å². The van der Waals surface area contributed by atoms with Crippen molar-refractivity contribution in [2.24, 2.45) is 34.3 Å². The van der Waals surface area contributed by atoms with Crippen molar-refractivity contribution < 1.29 is 24.8 Å². The van der Waals surface area contributed by atoms with Crippen molar-refractivity contribution >= 4 is 0 Å². The molecule has 170 valence electrons. The zero-order valence-electron chi connectivity index (χ0n) is 18.6. The number of nitrogens with two attached hydrogens (primary N) is 1. The third kappa shape index (κ3) is 2.64. The summed E-state index contributed by atoms with van der Waals surface area (Å²) in [6.45, 7) is 4.37. The molecule has 6 heteroatoms. The number of hydrogen-bond donors (Lipinski definition) is 4. The predicted molar refractivity (Wildman–Crippen MR) is 112 cm³/mol. The van der Waals surface area contributed by atoms with Crippen LogP contribution >= 0.6 is 0 Å². The van der Waals surface area contributed by atoms with Gasteiger partial charge in [-0.3, -0.25) is 0 Å². The molecule has 1 heterocycles. The maximum atomic E-state index is 11.8. The van der Waals surface area contributed by atoms with E-state index < -0.39 is 23.4 Å². The van der Waals surface area contributed by atoms with Crippen LogP contribution in [0.2, 0.25) is 0 Å². The van der Waals surface area contributed by atoms with Crippen LogP contribution in [0, 0.1) is 28.6 Å². The third-order valence-corrected chi connectivity index (χ3v) is 10.1. The van der Waals surface area contributed by atoms with Gasteiger partial charge < -0.3 is 30.5 Å². The van der Waals surface area contributed by atoms with Crippen molar-refractivity contribution in [3.8, 4) is 0 Å². The molecule has 4 fully saturated rings. The highest BCUT2D eigenvalue weighted by atomic mass is 16.6. The summed E-state index contributed by atoms with van der Waals surface area (Å²) in [5.74, 6) is 0.513. The van der Waals surface area contributed by atoms with Gasteiger partial charge in [0.1, 0.15) is 5.60 Å². The summed E-state index contributed by atoms with van der Waals surface area (Å²) in [4.78, 5) is 0. The van der Waals surface area contributed by atoms with Crippen LogP contribution in [0.25, 0.3) is 0 Å². The molecule has 0 bridgehead atoms. The zero-order valence-corrected chi connectivity index (χ0v) is 18.6. The highest BCUT2D eigenvalue weighted by molar-refractivity contribution is 5.51. The summed E-state index contributed by atoms with van der Waals surface area (Å²) in [5, 5.41) is 33.8. The van der Waals surface area contributed by atoms with Crippen molar-refractivity contribution in [3.63, 3.8) is 0 Å². The molecule has 0 radical (unpaired) electrons. The van der Waals surface area contributed by atoms with E-state index in [0.29, 0.717) is 30.8 Å². The molecule has 30 heavy (non-hydrogen) atoms. The SMILES string of the molecule is COC1CCC(C(N)CC2(O)C(O)OC3C2CCC(C)C24C=C2CC(O)[C@@]34C)CC1. The quantitative estimate of drug-likeness (QED) is 0.518. The number of rotatable bonds is 4. The minimum absolute atomic E-state index is 0.114. The number of methoxy groups -OCH3 is 1. The van der Waals surface area contributed by atoms with Gasteiger partial charge in [-0.15, -0.1) is 0 Å². The summed E-state index contributed by atoms with van der Waals surface area (Å²) in [6, 6.07) is -0.185. The van der Waals surface area contributed by atoms with Crippen LogP contribution in [0.15, 0.2) is 11.6 Å². The van der Waals surface area contributed by atoms with E-state index in [1.165, 1.54) is 5.57 Å². The molecule has 5 N–H and O–H groups in total. The number of aliphatic hydroxyl groups is 3. The van der Waals surface area contributed by atoms with Crippen LogP contribution in [0.4, 0.5) is 0 Å². The first-order chi connectivity index (χ1) is 14.2. The number of ether oxygens (including phenoxy) is 2. The van der Waals surface area contributed by atoms with Gasteiger partial charge in [0.15, 0.2) is 6.29 Å². The smallest absolute Gasteiger partial charge is 0.184 e. The zero-order chi connectivity index (χ0) is 21.5. The van der Waals surface area contributed by atoms with E-state index in [1.54, 1.807) is 7.11 Å². The van der Waals surface area contributed by atoms with Crippen LogP contribution in [0.3, 0.4) is 0 Å². The van der Waals surface area contributed by atoms with Gasteiger partial charge in [0, 0.05) is 29.9 Å². The maximum Gasteiger partial charge on any atom is 0.184 e. The molecular weight excluding hydrogens is 382 g/mol. The van der Waals surface area contributed by atoms with Crippen molar-refractivity contribution in [1.82, 2.24) is 0 Å². The molecule has 5 aliphatic rings. The van der Waals surface area contributed by atoms with Gasteiger partial charge in [0.05, 0.1) is 18.3 Å². The fraction of sp³-hybridized carbons (Fsp3) is 0.917. The van der Waals surface area contributed by atoms with E-state index in [4.69, 9.17) is 15.2 Å². The lowest BCUT2D eigenvalue weighted by Gasteiger charge is -2.45. The van der Waals surface area contributed by atoms with Gasteiger partial charge in [0.2, 0.25) is 0 Å². The third-order valence-electron chi connectivity index (χ3n) is 10.1.